The first-order chi connectivity index (χ1) is 8.13. The van der Waals surface area contributed by atoms with E-state index in [9.17, 15) is 4.79 Å². The SMILES string of the molecule is C=C(C)C(=O)OC(CC)OCc1ccccc1. The lowest BCUT2D eigenvalue weighted by Crippen LogP contribution is -2.20. The van der Waals surface area contributed by atoms with Crippen LogP contribution >= 0.6 is 0 Å². The lowest BCUT2D eigenvalue weighted by atomic mass is 10.2. The van der Waals surface area contributed by atoms with Crippen molar-refractivity contribution in [2.24, 2.45) is 0 Å². The van der Waals surface area contributed by atoms with Crippen molar-refractivity contribution < 1.29 is 14.3 Å². The molecule has 0 fully saturated rings. The number of hydrogen-bond acceptors (Lipinski definition) is 3. The van der Waals surface area contributed by atoms with Gasteiger partial charge < -0.3 is 9.47 Å². The van der Waals surface area contributed by atoms with Crippen LogP contribution in [-0.2, 0) is 20.9 Å². The maximum Gasteiger partial charge on any atom is 0.335 e. The predicted molar refractivity (Wildman–Crippen MR) is 66.2 cm³/mol. The van der Waals surface area contributed by atoms with Gasteiger partial charge in [-0.3, -0.25) is 0 Å². The molecule has 0 amide bonds. The van der Waals surface area contributed by atoms with Crippen LogP contribution in [0.5, 0.6) is 0 Å². The molecule has 17 heavy (non-hydrogen) atoms. The maximum atomic E-state index is 11.3. The van der Waals surface area contributed by atoms with Crippen LogP contribution in [0.1, 0.15) is 25.8 Å². The highest BCUT2D eigenvalue weighted by Gasteiger charge is 2.13. The van der Waals surface area contributed by atoms with Crippen molar-refractivity contribution in [2.45, 2.75) is 33.2 Å². The molecule has 0 aliphatic rings. The predicted octanol–water partition coefficient (Wildman–Crippen LogP) is 3.06. The normalized spacial score (nSPS) is 11.9. The first kappa shape index (κ1) is 13.5. The Balaban J connectivity index is 2.43. The summed E-state index contributed by atoms with van der Waals surface area (Å²) in [6, 6.07) is 9.77. The molecule has 1 unspecified atom stereocenters. The van der Waals surface area contributed by atoms with Crippen molar-refractivity contribution in [1.29, 1.82) is 0 Å². The summed E-state index contributed by atoms with van der Waals surface area (Å²) >= 11 is 0. The molecule has 0 radical (unpaired) electrons. The molecule has 1 aromatic rings. The third kappa shape index (κ3) is 4.83. The van der Waals surface area contributed by atoms with Crippen molar-refractivity contribution in [3.63, 3.8) is 0 Å². The lowest BCUT2D eigenvalue weighted by molar-refractivity contribution is -0.177. The molecule has 0 bridgehead atoms. The molecule has 3 heteroatoms. The van der Waals surface area contributed by atoms with E-state index in [0.717, 1.165) is 5.56 Å². The fraction of sp³-hybridized carbons (Fsp3) is 0.357. The number of carbonyl (C=O) groups is 1. The Morgan fingerprint density at radius 1 is 1.35 bits per heavy atom. The van der Waals surface area contributed by atoms with Crippen molar-refractivity contribution in [2.75, 3.05) is 0 Å². The molecule has 0 N–H and O–H groups in total. The van der Waals surface area contributed by atoms with Crippen molar-refractivity contribution in [3.05, 3.63) is 48.0 Å². The summed E-state index contributed by atoms with van der Waals surface area (Å²) in [6.45, 7) is 7.49. The molecule has 0 aromatic heterocycles. The molecular weight excluding hydrogens is 216 g/mol. The highest BCUT2D eigenvalue weighted by Crippen LogP contribution is 2.08. The summed E-state index contributed by atoms with van der Waals surface area (Å²) in [7, 11) is 0. The van der Waals surface area contributed by atoms with E-state index in [0.29, 0.717) is 18.6 Å². The Morgan fingerprint density at radius 2 is 2.00 bits per heavy atom. The van der Waals surface area contributed by atoms with Crippen LogP contribution in [0.4, 0.5) is 0 Å². The smallest absolute Gasteiger partial charge is 0.335 e. The molecule has 1 atom stereocenters. The van der Waals surface area contributed by atoms with E-state index in [1.807, 2.05) is 37.3 Å². The Hall–Kier alpha value is -1.61. The van der Waals surface area contributed by atoms with Crippen LogP contribution in [0, 0.1) is 0 Å². The van der Waals surface area contributed by atoms with Gasteiger partial charge in [-0.2, -0.15) is 0 Å². The number of ether oxygens (including phenoxy) is 2. The van der Waals surface area contributed by atoms with Gasteiger partial charge >= 0.3 is 5.97 Å². The average molecular weight is 234 g/mol. The highest BCUT2D eigenvalue weighted by molar-refractivity contribution is 5.86. The molecule has 0 spiro atoms. The zero-order valence-electron chi connectivity index (χ0n) is 10.3. The molecular formula is C14H18O3. The standard InChI is InChI=1S/C14H18O3/c1-4-13(17-14(15)11(2)3)16-10-12-8-6-5-7-9-12/h5-9,13H,2,4,10H2,1,3H3. The van der Waals surface area contributed by atoms with Gasteiger partial charge in [0, 0.05) is 12.0 Å². The number of hydrogen-bond donors (Lipinski definition) is 0. The second kappa shape index (κ2) is 6.86. The summed E-state index contributed by atoms with van der Waals surface area (Å²) in [4.78, 5) is 11.3. The zero-order chi connectivity index (χ0) is 12.7. The van der Waals surface area contributed by atoms with Crippen LogP contribution in [-0.4, -0.2) is 12.3 Å². The van der Waals surface area contributed by atoms with E-state index in [-0.39, 0.29) is 0 Å². The maximum absolute atomic E-state index is 11.3. The van der Waals surface area contributed by atoms with Crippen molar-refractivity contribution in [3.8, 4) is 0 Å². The summed E-state index contributed by atoms with van der Waals surface area (Å²) in [5.74, 6) is -0.412. The van der Waals surface area contributed by atoms with Crippen molar-refractivity contribution in [1.82, 2.24) is 0 Å². The van der Waals surface area contributed by atoms with E-state index in [1.165, 1.54) is 0 Å². The molecule has 0 heterocycles. The first-order valence-corrected chi connectivity index (χ1v) is 5.65. The Labute approximate surface area is 102 Å². The van der Waals surface area contributed by atoms with Crippen LogP contribution in [0.15, 0.2) is 42.5 Å². The number of rotatable bonds is 6. The van der Waals surface area contributed by atoms with Gasteiger partial charge in [0.1, 0.15) is 0 Å². The second-order valence-corrected chi connectivity index (χ2v) is 3.82. The molecule has 1 rings (SSSR count). The minimum atomic E-state index is -0.514. The van der Waals surface area contributed by atoms with Crippen LogP contribution in [0.25, 0.3) is 0 Å². The third-order valence-electron chi connectivity index (χ3n) is 2.20. The minimum Gasteiger partial charge on any atom is -0.432 e. The summed E-state index contributed by atoms with van der Waals surface area (Å²) in [5.41, 5.74) is 1.43. The van der Waals surface area contributed by atoms with Gasteiger partial charge in [0.15, 0.2) is 0 Å². The largest absolute Gasteiger partial charge is 0.432 e. The molecule has 0 saturated heterocycles. The molecule has 92 valence electrons. The second-order valence-electron chi connectivity index (χ2n) is 3.82. The van der Waals surface area contributed by atoms with E-state index in [2.05, 4.69) is 6.58 Å². The monoisotopic (exact) mass is 234 g/mol. The Morgan fingerprint density at radius 3 is 2.53 bits per heavy atom. The van der Waals surface area contributed by atoms with Gasteiger partial charge in [-0.05, 0) is 12.5 Å². The van der Waals surface area contributed by atoms with E-state index < -0.39 is 12.3 Å². The Kier molecular flexibility index (Phi) is 5.43. The van der Waals surface area contributed by atoms with Crippen LogP contribution < -0.4 is 0 Å². The minimum absolute atomic E-state index is 0.381. The summed E-state index contributed by atoms with van der Waals surface area (Å²) < 4.78 is 10.6. The quantitative estimate of drug-likeness (QED) is 0.431. The van der Waals surface area contributed by atoms with Gasteiger partial charge in [0.25, 0.3) is 0 Å². The van der Waals surface area contributed by atoms with Gasteiger partial charge in [-0.1, -0.05) is 43.8 Å². The van der Waals surface area contributed by atoms with Gasteiger partial charge in [-0.15, -0.1) is 0 Å². The number of benzene rings is 1. The zero-order valence-corrected chi connectivity index (χ0v) is 10.3. The Bertz CT molecular complexity index is 370. The number of esters is 1. The molecule has 0 aliphatic carbocycles. The van der Waals surface area contributed by atoms with Gasteiger partial charge in [0.05, 0.1) is 6.61 Å². The number of carbonyl (C=O) groups excluding carboxylic acids is 1. The van der Waals surface area contributed by atoms with Crippen molar-refractivity contribution >= 4 is 5.97 Å². The summed E-state index contributed by atoms with van der Waals surface area (Å²) in [6.07, 6.45) is 0.102. The fourth-order valence-electron chi connectivity index (χ4n) is 1.22. The first-order valence-electron chi connectivity index (χ1n) is 5.65. The molecule has 0 saturated carbocycles. The lowest BCUT2D eigenvalue weighted by Gasteiger charge is -2.16. The molecule has 1 aromatic carbocycles. The average Bonchev–Trinajstić information content (AvgIpc) is 2.35. The molecule has 3 nitrogen and oxygen atoms in total. The third-order valence-corrected chi connectivity index (χ3v) is 2.20. The van der Waals surface area contributed by atoms with Gasteiger partial charge in [-0.25, -0.2) is 4.79 Å². The summed E-state index contributed by atoms with van der Waals surface area (Å²) in [5, 5.41) is 0. The molecule has 0 aliphatic heterocycles. The van der Waals surface area contributed by atoms with Crippen LogP contribution in [0.3, 0.4) is 0 Å². The van der Waals surface area contributed by atoms with E-state index in [4.69, 9.17) is 9.47 Å². The highest BCUT2D eigenvalue weighted by atomic mass is 16.7. The van der Waals surface area contributed by atoms with Crippen LogP contribution in [0.2, 0.25) is 0 Å². The van der Waals surface area contributed by atoms with Gasteiger partial charge in [0.2, 0.25) is 6.29 Å². The fourth-order valence-corrected chi connectivity index (χ4v) is 1.22. The van der Waals surface area contributed by atoms with E-state index in [1.54, 1.807) is 6.92 Å². The topological polar surface area (TPSA) is 35.5 Å². The van der Waals surface area contributed by atoms with E-state index >= 15 is 0 Å².